The SMILES string of the molecule is CCN1CCC(CNC(=NC)NCc2cc(F)ccc2F)C1. The maximum atomic E-state index is 13.6. The molecule has 2 rings (SSSR count). The number of rotatable bonds is 5. The first-order valence-electron chi connectivity index (χ1n) is 7.73. The van der Waals surface area contributed by atoms with Gasteiger partial charge in [0.15, 0.2) is 5.96 Å². The average Bonchev–Trinajstić information content (AvgIpc) is 2.98. The van der Waals surface area contributed by atoms with Crippen LogP contribution in [0.25, 0.3) is 0 Å². The third-order valence-corrected chi connectivity index (χ3v) is 4.05. The molecule has 0 aromatic heterocycles. The highest BCUT2D eigenvalue weighted by Crippen LogP contribution is 2.14. The minimum atomic E-state index is -0.438. The Bertz CT molecular complexity index is 519. The maximum Gasteiger partial charge on any atom is 0.191 e. The third-order valence-electron chi connectivity index (χ3n) is 4.05. The quantitative estimate of drug-likeness (QED) is 0.645. The molecule has 1 aromatic rings. The van der Waals surface area contributed by atoms with Crippen LogP contribution in [0, 0.1) is 17.6 Å². The summed E-state index contributed by atoms with van der Waals surface area (Å²) in [6, 6.07) is 3.46. The lowest BCUT2D eigenvalue weighted by atomic mass is 10.1. The van der Waals surface area contributed by atoms with Gasteiger partial charge >= 0.3 is 0 Å². The Kier molecular flexibility index (Phi) is 6.12. The van der Waals surface area contributed by atoms with Crippen molar-refractivity contribution in [2.45, 2.75) is 19.9 Å². The standard InChI is InChI=1S/C16H24F2N4/c1-3-22-7-6-12(11-22)9-20-16(19-2)21-10-13-8-14(17)4-5-15(13)18/h4-5,8,12H,3,6-7,9-11H2,1-2H3,(H2,19,20,21). The number of hydrogen-bond acceptors (Lipinski definition) is 2. The Labute approximate surface area is 130 Å². The Morgan fingerprint density at radius 1 is 1.36 bits per heavy atom. The molecule has 2 N–H and O–H groups in total. The van der Waals surface area contributed by atoms with E-state index in [-0.39, 0.29) is 6.54 Å². The number of halogens is 2. The molecular weight excluding hydrogens is 286 g/mol. The van der Waals surface area contributed by atoms with Gasteiger partial charge in [-0.15, -0.1) is 0 Å². The van der Waals surface area contributed by atoms with Crippen LogP contribution < -0.4 is 10.6 Å². The molecule has 1 aromatic carbocycles. The van der Waals surface area contributed by atoms with Crippen molar-refractivity contribution in [1.29, 1.82) is 0 Å². The Morgan fingerprint density at radius 3 is 2.86 bits per heavy atom. The Balaban J connectivity index is 1.79. The molecule has 4 nitrogen and oxygen atoms in total. The van der Waals surface area contributed by atoms with Gasteiger partial charge in [-0.25, -0.2) is 8.78 Å². The predicted octanol–water partition coefficient (Wildman–Crippen LogP) is 1.97. The van der Waals surface area contributed by atoms with Crippen LogP contribution in [-0.2, 0) is 6.54 Å². The van der Waals surface area contributed by atoms with Crippen molar-refractivity contribution in [2.24, 2.45) is 10.9 Å². The van der Waals surface area contributed by atoms with E-state index in [0.29, 0.717) is 17.4 Å². The zero-order valence-corrected chi connectivity index (χ0v) is 13.2. The number of nitrogens with one attached hydrogen (secondary N) is 2. The van der Waals surface area contributed by atoms with Crippen molar-refractivity contribution in [1.82, 2.24) is 15.5 Å². The fourth-order valence-electron chi connectivity index (χ4n) is 2.69. The normalized spacial score (nSPS) is 19.5. The minimum Gasteiger partial charge on any atom is -0.356 e. The van der Waals surface area contributed by atoms with Crippen molar-refractivity contribution in [2.75, 3.05) is 33.2 Å². The van der Waals surface area contributed by atoms with Crippen LogP contribution in [-0.4, -0.2) is 44.1 Å². The molecule has 0 spiro atoms. The smallest absolute Gasteiger partial charge is 0.191 e. The minimum absolute atomic E-state index is 0.203. The fourth-order valence-corrected chi connectivity index (χ4v) is 2.69. The van der Waals surface area contributed by atoms with Gasteiger partial charge in [0.05, 0.1) is 0 Å². The highest BCUT2D eigenvalue weighted by molar-refractivity contribution is 5.79. The average molecular weight is 310 g/mol. The largest absolute Gasteiger partial charge is 0.356 e. The molecule has 1 aliphatic rings. The summed E-state index contributed by atoms with van der Waals surface area (Å²) < 4.78 is 26.7. The predicted molar refractivity (Wildman–Crippen MR) is 84.8 cm³/mol. The number of benzene rings is 1. The van der Waals surface area contributed by atoms with Gasteiger partial charge in [0.25, 0.3) is 0 Å². The lowest BCUT2D eigenvalue weighted by Gasteiger charge is -2.16. The lowest BCUT2D eigenvalue weighted by molar-refractivity contribution is 0.342. The number of nitrogens with zero attached hydrogens (tertiary/aromatic N) is 2. The first kappa shape index (κ1) is 16.7. The van der Waals surface area contributed by atoms with Gasteiger partial charge in [0.2, 0.25) is 0 Å². The molecule has 1 heterocycles. The van der Waals surface area contributed by atoms with Crippen LogP contribution in [0.5, 0.6) is 0 Å². The molecule has 0 radical (unpaired) electrons. The van der Waals surface area contributed by atoms with E-state index in [9.17, 15) is 8.78 Å². The molecule has 6 heteroatoms. The first-order chi connectivity index (χ1) is 10.6. The van der Waals surface area contributed by atoms with Gasteiger partial charge in [-0.3, -0.25) is 4.99 Å². The van der Waals surface area contributed by atoms with E-state index in [2.05, 4.69) is 27.4 Å². The summed E-state index contributed by atoms with van der Waals surface area (Å²) in [7, 11) is 1.67. The molecule has 1 saturated heterocycles. The second kappa shape index (κ2) is 8.08. The van der Waals surface area contributed by atoms with Crippen LogP contribution >= 0.6 is 0 Å². The van der Waals surface area contributed by atoms with E-state index in [1.165, 1.54) is 12.5 Å². The number of aliphatic imine (C=N–C) groups is 1. The third kappa shape index (κ3) is 4.66. The summed E-state index contributed by atoms with van der Waals surface area (Å²) in [6.45, 7) is 6.53. The van der Waals surface area contributed by atoms with E-state index < -0.39 is 11.6 Å². The van der Waals surface area contributed by atoms with Crippen molar-refractivity contribution in [3.63, 3.8) is 0 Å². The molecule has 1 unspecified atom stereocenters. The number of guanidine groups is 1. The molecule has 0 bridgehead atoms. The van der Waals surface area contributed by atoms with E-state index in [4.69, 9.17) is 0 Å². The van der Waals surface area contributed by atoms with Crippen molar-refractivity contribution >= 4 is 5.96 Å². The molecule has 0 aliphatic carbocycles. The molecule has 22 heavy (non-hydrogen) atoms. The van der Waals surface area contributed by atoms with Crippen LogP contribution in [0.3, 0.4) is 0 Å². The second-order valence-corrected chi connectivity index (χ2v) is 5.59. The number of hydrogen-bond donors (Lipinski definition) is 2. The first-order valence-corrected chi connectivity index (χ1v) is 7.73. The summed E-state index contributed by atoms with van der Waals surface area (Å²) in [5, 5.41) is 6.28. The highest BCUT2D eigenvalue weighted by Gasteiger charge is 2.20. The molecule has 0 saturated carbocycles. The van der Waals surface area contributed by atoms with Gasteiger partial charge < -0.3 is 15.5 Å². The van der Waals surface area contributed by atoms with Crippen molar-refractivity contribution in [3.05, 3.63) is 35.4 Å². The molecule has 122 valence electrons. The summed E-state index contributed by atoms with van der Waals surface area (Å²) in [4.78, 5) is 6.54. The lowest BCUT2D eigenvalue weighted by Crippen LogP contribution is -2.40. The zero-order chi connectivity index (χ0) is 15.9. The Morgan fingerprint density at radius 2 is 2.18 bits per heavy atom. The van der Waals surface area contributed by atoms with E-state index in [1.807, 2.05) is 0 Å². The number of likely N-dealkylation sites (tertiary alicyclic amines) is 1. The van der Waals surface area contributed by atoms with Crippen LogP contribution in [0.1, 0.15) is 18.9 Å². The molecule has 1 atom stereocenters. The molecule has 1 fully saturated rings. The van der Waals surface area contributed by atoms with Gasteiger partial charge in [0, 0.05) is 32.2 Å². The van der Waals surface area contributed by atoms with E-state index >= 15 is 0 Å². The Hall–Kier alpha value is -1.69. The summed E-state index contributed by atoms with van der Waals surface area (Å²) in [5.74, 6) is 0.355. The van der Waals surface area contributed by atoms with Crippen LogP contribution in [0.4, 0.5) is 8.78 Å². The summed E-state index contributed by atoms with van der Waals surface area (Å²) >= 11 is 0. The molecule has 1 aliphatic heterocycles. The van der Waals surface area contributed by atoms with Gasteiger partial charge in [-0.2, -0.15) is 0 Å². The van der Waals surface area contributed by atoms with Gasteiger partial charge in [-0.05, 0) is 43.6 Å². The topological polar surface area (TPSA) is 39.7 Å². The van der Waals surface area contributed by atoms with Crippen molar-refractivity contribution < 1.29 is 8.78 Å². The van der Waals surface area contributed by atoms with Gasteiger partial charge in [0.1, 0.15) is 11.6 Å². The van der Waals surface area contributed by atoms with Gasteiger partial charge in [-0.1, -0.05) is 6.92 Å². The van der Waals surface area contributed by atoms with Crippen LogP contribution in [0.2, 0.25) is 0 Å². The second-order valence-electron chi connectivity index (χ2n) is 5.59. The molecule has 0 amide bonds. The maximum absolute atomic E-state index is 13.6. The van der Waals surface area contributed by atoms with Crippen molar-refractivity contribution in [3.8, 4) is 0 Å². The highest BCUT2D eigenvalue weighted by atomic mass is 19.1. The fraction of sp³-hybridized carbons (Fsp3) is 0.562. The summed E-state index contributed by atoms with van der Waals surface area (Å²) in [5.41, 5.74) is 0.293. The van der Waals surface area contributed by atoms with E-state index in [0.717, 1.165) is 38.3 Å². The van der Waals surface area contributed by atoms with Crippen LogP contribution in [0.15, 0.2) is 23.2 Å². The monoisotopic (exact) mass is 310 g/mol. The zero-order valence-electron chi connectivity index (χ0n) is 13.2. The van der Waals surface area contributed by atoms with E-state index in [1.54, 1.807) is 7.05 Å². The molecular formula is C16H24F2N4. The summed E-state index contributed by atoms with van der Waals surface area (Å²) in [6.07, 6.45) is 1.18.